The van der Waals surface area contributed by atoms with E-state index in [9.17, 15) is 9.59 Å². The van der Waals surface area contributed by atoms with Gasteiger partial charge in [-0.25, -0.2) is 0 Å². The summed E-state index contributed by atoms with van der Waals surface area (Å²) in [6.45, 7) is 3.15. The lowest BCUT2D eigenvalue weighted by Gasteiger charge is -2.27. The van der Waals surface area contributed by atoms with E-state index >= 15 is 0 Å². The Balaban J connectivity index is 1.86. The maximum Gasteiger partial charge on any atom is 0.308 e. The van der Waals surface area contributed by atoms with Crippen molar-refractivity contribution in [3.63, 3.8) is 0 Å². The van der Waals surface area contributed by atoms with Crippen molar-refractivity contribution in [3.05, 3.63) is 47.5 Å². The van der Waals surface area contributed by atoms with Crippen molar-refractivity contribution in [3.8, 4) is 23.0 Å². The third-order valence-corrected chi connectivity index (χ3v) is 4.12. The predicted octanol–water partition coefficient (Wildman–Crippen LogP) is 3.26. The Labute approximate surface area is 151 Å². The highest BCUT2D eigenvalue weighted by Crippen LogP contribution is 2.39. The van der Waals surface area contributed by atoms with Gasteiger partial charge in [-0.05, 0) is 24.1 Å². The van der Waals surface area contributed by atoms with Crippen molar-refractivity contribution in [1.82, 2.24) is 0 Å². The number of hydrogen-bond acceptors (Lipinski definition) is 6. The maximum atomic E-state index is 11.4. The van der Waals surface area contributed by atoms with Gasteiger partial charge in [-0.1, -0.05) is 12.1 Å². The van der Waals surface area contributed by atoms with Crippen LogP contribution in [0.15, 0.2) is 36.4 Å². The van der Waals surface area contributed by atoms with Gasteiger partial charge in [0.1, 0.15) is 23.0 Å². The van der Waals surface area contributed by atoms with Crippen LogP contribution >= 0.6 is 0 Å². The number of rotatable bonds is 4. The molecule has 2 aromatic carbocycles. The van der Waals surface area contributed by atoms with Crippen LogP contribution in [0.2, 0.25) is 0 Å². The lowest BCUT2D eigenvalue weighted by molar-refractivity contribution is -0.132. The van der Waals surface area contributed by atoms with Crippen molar-refractivity contribution in [2.24, 2.45) is 0 Å². The lowest BCUT2D eigenvalue weighted by Crippen LogP contribution is -2.20. The second-order valence-corrected chi connectivity index (χ2v) is 6.07. The first-order valence-corrected chi connectivity index (χ1v) is 8.26. The first kappa shape index (κ1) is 17.8. The quantitative estimate of drug-likeness (QED) is 0.618. The smallest absolute Gasteiger partial charge is 0.308 e. The predicted molar refractivity (Wildman–Crippen MR) is 94.0 cm³/mol. The number of carbonyl (C=O) groups excluding carboxylic acids is 2. The topological polar surface area (TPSA) is 71.1 Å². The van der Waals surface area contributed by atoms with E-state index in [1.807, 2.05) is 18.2 Å². The average Bonchev–Trinajstić information content (AvgIpc) is 2.60. The molecule has 0 N–H and O–H groups in total. The number of fused-ring (bicyclic) bond motifs is 1. The summed E-state index contributed by atoms with van der Waals surface area (Å²) in [4.78, 5) is 22.5. The fourth-order valence-corrected chi connectivity index (χ4v) is 3.00. The second-order valence-electron chi connectivity index (χ2n) is 6.07. The third kappa shape index (κ3) is 3.96. The van der Waals surface area contributed by atoms with Crippen molar-refractivity contribution in [2.45, 2.75) is 26.2 Å². The van der Waals surface area contributed by atoms with Gasteiger partial charge in [-0.2, -0.15) is 0 Å². The molecule has 0 amide bonds. The molecule has 136 valence electrons. The van der Waals surface area contributed by atoms with E-state index in [0.717, 1.165) is 17.5 Å². The van der Waals surface area contributed by atoms with Crippen LogP contribution in [0.1, 0.15) is 30.9 Å². The molecule has 0 aliphatic carbocycles. The molecule has 1 heterocycles. The highest BCUT2D eigenvalue weighted by Gasteiger charge is 2.25. The van der Waals surface area contributed by atoms with Gasteiger partial charge >= 0.3 is 11.9 Å². The van der Waals surface area contributed by atoms with Crippen molar-refractivity contribution < 1.29 is 28.5 Å². The van der Waals surface area contributed by atoms with E-state index in [4.69, 9.17) is 18.9 Å². The van der Waals surface area contributed by atoms with Crippen molar-refractivity contribution in [1.29, 1.82) is 0 Å². The molecule has 1 aliphatic rings. The van der Waals surface area contributed by atoms with Crippen LogP contribution in [0.4, 0.5) is 0 Å². The Bertz CT molecular complexity index is 842. The van der Waals surface area contributed by atoms with Crippen LogP contribution in [-0.4, -0.2) is 25.7 Å². The molecule has 0 aromatic heterocycles. The minimum absolute atomic E-state index is 0.0299. The zero-order valence-electron chi connectivity index (χ0n) is 14.9. The zero-order chi connectivity index (χ0) is 18.7. The summed E-state index contributed by atoms with van der Waals surface area (Å²) in [5.41, 5.74) is 1.89. The second kappa shape index (κ2) is 7.47. The third-order valence-electron chi connectivity index (χ3n) is 4.12. The van der Waals surface area contributed by atoms with E-state index in [1.165, 1.54) is 13.8 Å². The molecular formula is C20H20O6. The van der Waals surface area contributed by atoms with Gasteiger partial charge < -0.3 is 18.9 Å². The Hall–Kier alpha value is -3.02. The molecule has 0 saturated heterocycles. The molecule has 1 aliphatic heterocycles. The lowest BCUT2D eigenvalue weighted by atomic mass is 9.89. The summed E-state index contributed by atoms with van der Waals surface area (Å²) < 4.78 is 21.5. The zero-order valence-corrected chi connectivity index (χ0v) is 14.9. The van der Waals surface area contributed by atoms with E-state index < -0.39 is 0 Å². The number of carbonyl (C=O) groups is 2. The van der Waals surface area contributed by atoms with Crippen molar-refractivity contribution in [2.75, 3.05) is 13.7 Å². The number of benzene rings is 2. The van der Waals surface area contributed by atoms with E-state index in [2.05, 4.69) is 0 Å². The Morgan fingerprint density at radius 2 is 1.73 bits per heavy atom. The number of methoxy groups -OCH3 is 1. The Morgan fingerprint density at radius 3 is 2.42 bits per heavy atom. The largest absolute Gasteiger partial charge is 0.497 e. The Kier molecular flexibility index (Phi) is 5.11. The van der Waals surface area contributed by atoms with Crippen LogP contribution in [-0.2, 0) is 16.0 Å². The first-order chi connectivity index (χ1) is 12.5. The molecule has 26 heavy (non-hydrogen) atoms. The summed E-state index contributed by atoms with van der Waals surface area (Å²) in [5, 5.41) is 0. The molecule has 3 rings (SSSR count). The maximum absolute atomic E-state index is 11.4. The summed E-state index contributed by atoms with van der Waals surface area (Å²) in [5.74, 6) is 1.52. The molecule has 0 fully saturated rings. The molecule has 2 aromatic rings. The summed E-state index contributed by atoms with van der Waals surface area (Å²) in [6.07, 6.45) is 0.719. The monoisotopic (exact) mass is 356 g/mol. The number of esters is 2. The molecule has 0 bridgehead atoms. The van der Waals surface area contributed by atoms with Gasteiger partial charge in [-0.3, -0.25) is 9.59 Å². The van der Waals surface area contributed by atoms with E-state index in [-0.39, 0.29) is 17.9 Å². The first-order valence-electron chi connectivity index (χ1n) is 8.26. The van der Waals surface area contributed by atoms with Crippen LogP contribution in [0.5, 0.6) is 23.0 Å². The number of hydrogen-bond donors (Lipinski definition) is 0. The van der Waals surface area contributed by atoms with Crippen LogP contribution in [0.25, 0.3) is 0 Å². The van der Waals surface area contributed by atoms with Crippen LogP contribution in [0.3, 0.4) is 0 Å². The van der Waals surface area contributed by atoms with Crippen LogP contribution in [0, 0.1) is 0 Å². The van der Waals surface area contributed by atoms with Gasteiger partial charge in [-0.15, -0.1) is 0 Å². The van der Waals surface area contributed by atoms with Gasteiger partial charge in [0, 0.05) is 37.5 Å². The average molecular weight is 356 g/mol. The highest BCUT2D eigenvalue weighted by atomic mass is 16.5. The highest BCUT2D eigenvalue weighted by molar-refractivity contribution is 5.70. The van der Waals surface area contributed by atoms with E-state index in [0.29, 0.717) is 29.6 Å². The van der Waals surface area contributed by atoms with Crippen LogP contribution < -0.4 is 18.9 Å². The van der Waals surface area contributed by atoms with Gasteiger partial charge in [0.25, 0.3) is 0 Å². The minimum Gasteiger partial charge on any atom is -0.497 e. The molecular weight excluding hydrogens is 336 g/mol. The van der Waals surface area contributed by atoms with Gasteiger partial charge in [0.2, 0.25) is 0 Å². The van der Waals surface area contributed by atoms with Gasteiger partial charge in [0.15, 0.2) is 0 Å². The normalized spacial score (nSPS) is 15.4. The number of ether oxygens (including phenoxy) is 4. The molecule has 0 spiro atoms. The summed E-state index contributed by atoms with van der Waals surface area (Å²) in [7, 11) is 1.56. The molecule has 0 radical (unpaired) electrons. The van der Waals surface area contributed by atoms with Gasteiger partial charge in [0.05, 0.1) is 13.7 Å². The molecule has 6 nitrogen and oxygen atoms in total. The summed E-state index contributed by atoms with van der Waals surface area (Å²) >= 11 is 0. The van der Waals surface area contributed by atoms with E-state index in [1.54, 1.807) is 25.3 Å². The van der Waals surface area contributed by atoms with Crippen molar-refractivity contribution >= 4 is 11.9 Å². The Morgan fingerprint density at radius 1 is 1.00 bits per heavy atom. The molecule has 6 heteroatoms. The fraction of sp³-hybridized carbons (Fsp3) is 0.300. The summed E-state index contributed by atoms with van der Waals surface area (Å²) in [6, 6.07) is 10.8. The fourth-order valence-electron chi connectivity index (χ4n) is 3.00. The molecule has 0 unspecified atom stereocenters. The molecule has 1 atom stereocenters. The SMILES string of the molecule is COc1ccc([C@@H]2COc3cc(OC(C)=O)ccc3C2)c(OC(C)=O)c1. The molecule has 0 saturated carbocycles. The minimum atomic E-state index is -0.386. The standard InChI is InChI=1S/C20H20O6/c1-12(21)25-17-5-4-14-8-15(11-24-19(14)10-17)18-7-6-16(23-3)9-20(18)26-13(2)22/h4-7,9-10,15H,8,11H2,1-3H3/t15-/m0/s1.